The topological polar surface area (TPSA) is 59.8 Å². The van der Waals surface area contributed by atoms with Gasteiger partial charge < -0.3 is 9.88 Å². The van der Waals surface area contributed by atoms with Crippen molar-refractivity contribution in [2.75, 3.05) is 0 Å². The molecule has 0 aliphatic carbocycles. The van der Waals surface area contributed by atoms with Crippen molar-refractivity contribution in [2.24, 2.45) is 0 Å². The number of aryl methyl sites for hydroxylation is 1. The van der Waals surface area contributed by atoms with Gasteiger partial charge in [0.1, 0.15) is 10.7 Å². The van der Waals surface area contributed by atoms with Crippen LogP contribution in [0, 0.1) is 0 Å². The normalized spacial score (nSPS) is 11.0. The van der Waals surface area contributed by atoms with Crippen LogP contribution in [0.25, 0.3) is 21.6 Å². The summed E-state index contributed by atoms with van der Waals surface area (Å²) >= 11 is 1.51. The largest absolute Gasteiger partial charge is 0.347 e. The first-order valence-electron chi connectivity index (χ1n) is 8.97. The van der Waals surface area contributed by atoms with Gasteiger partial charge in [-0.1, -0.05) is 25.1 Å². The molecule has 0 aliphatic rings. The Balaban J connectivity index is 1.58. The summed E-state index contributed by atoms with van der Waals surface area (Å²) in [5.74, 6) is -0.160. The molecule has 0 bridgehead atoms. The van der Waals surface area contributed by atoms with E-state index < -0.39 is 0 Å². The number of benzene rings is 1. The Kier molecular flexibility index (Phi) is 4.98. The first-order chi connectivity index (χ1) is 13.3. The molecule has 27 heavy (non-hydrogen) atoms. The summed E-state index contributed by atoms with van der Waals surface area (Å²) in [5, 5.41) is 6.81. The predicted octanol–water partition coefficient (Wildman–Crippen LogP) is 4.50. The van der Waals surface area contributed by atoms with Crippen LogP contribution in [0.2, 0.25) is 0 Å². The van der Waals surface area contributed by atoms with E-state index in [1.807, 2.05) is 23.6 Å². The van der Waals surface area contributed by atoms with Gasteiger partial charge in [0.25, 0.3) is 5.91 Å². The van der Waals surface area contributed by atoms with E-state index in [1.54, 1.807) is 12.4 Å². The number of aromatic nitrogens is 3. The van der Waals surface area contributed by atoms with Gasteiger partial charge in [-0.05, 0) is 36.2 Å². The van der Waals surface area contributed by atoms with Gasteiger partial charge in [-0.3, -0.25) is 9.78 Å². The zero-order valence-electron chi connectivity index (χ0n) is 15.1. The fourth-order valence-electron chi connectivity index (χ4n) is 3.12. The first kappa shape index (κ1) is 17.4. The molecule has 0 fully saturated rings. The van der Waals surface area contributed by atoms with Crippen molar-refractivity contribution in [3.05, 3.63) is 71.5 Å². The molecule has 5 nitrogen and oxygen atoms in total. The van der Waals surface area contributed by atoms with Gasteiger partial charge in [0.05, 0.1) is 5.69 Å². The molecule has 3 aromatic heterocycles. The molecule has 0 unspecified atom stereocenters. The molecule has 4 rings (SSSR count). The van der Waals surface area contributed by atoms with Crippen LogP contribution in [0.3, 0.4) is 0 Å². The van der Waals surface area contributed by atoms with E-state index in [4.69, 9.17) is 0 Å². The number of para-hydroxylation sites is 1. The molecule has 0 saturated carbocycles. The average molecular weight is 376 g/mol. The zero-order valence-corrected chi connectivity index (χ0v) is 15.9. The number of carbonyl (C=O) groups is 1. The highest BCUT2D eigenvalue weighted by atomic mass is 32.1. The van der Waals surface area contributed by atoms with Gasteiger partial charge in [-0.15, -0.1) is 11.3 Å². The summed E-state index contributed by atoms with van der Waals surface area (Å²) in [6, 6.07) is 14.3. The predicted molar refractivity (Wildman–Crippen MR) is 109 cm³/mol. The Bertz CT molecular complexity index is 1070. The van der Waals surface area contributed by atoms with Crippen molar-refractivity contribution in [2.45, 2.75) is 26.4 Å². The molecule has 0 aliphatic heterocycles. The molecule has 3 heterocycles. The highest BCUT2D eigenvalue weighted by Crippen LogP contribution is 2.30. The molecule has 1 N–H and O–H groups in total. The second-order valence-corrected chi connectivity index (χ2v) is 7.17. The number of fused-ring (bicyclic) bond motifs is 1. The summed E-state index contributed by atoms with van der Waals surface area (Å²) in [7, 11) is 0. The van der Waals surface area contributed by atoms with Crippen molar-refractivity contribution < 1.29 is 4.79 Å². The van der Waals surface area contributed by atoms with Crippen LogP contribution in [0.1, 0.15) is 29.4 Å². The first-order valence-corrected chi connectivity index (χ1v) is 9.85. The Labute approximate surface area is 161 Å². The SMILES string of the molecule is CCCn1c(-c2nc(C(=O)NCc3ccncc3)cs2)cc2ccccc21. The Morgan fingerprint density at radius 3 is 2.81 bits per heavy atom. The smallest absolute Gasteiger partial charge is 0.271 e. The lowest BCUT2D eigenvalue weighted by Gasteiger charge is -2.07. The third kappa shape index (κ3) is 3.61. The lowest BCUT2D eigenvalue weighted by molar-refractivity contribution is 0.0946. The number of amides is 1. The lowest BCUT2D eigenvalue weighted by Crippen LogP contribution is -2.23. The van der Waals surface area contributed by atoms with E-state index in [0.29, 0.717) is 12.2 Å². The molecule has 0 radical (unpaired) electrons. The van der Waals surface area contributed by atoms with Crippen LogP contribution in [0.5, 0.6) is 0 Å². The maximum absolute atomic E-state index is 12.5. The Morgan fingerprint density at radius 1 is 1.19 bits per heavy atom. The van der Waals surface area contributed by atoms with E-state index in [-0.39, 0.29) is 5.91 Å². The molecule has 1 amide bonds. The summed E-state index contributed by atoms with van der Waals surface area (Å²) in [6.45, 7) is 3.55. The lowest BCUT2D eigenvalue weighted by atomic mass is 10.2. The summed E-state index contributed by atoms with van der Waals surface area (Å²) in [4.78, 5) is 21.0. The monoisotopic (exact) mass is 376 g/mol. The summed E-state index contributed by atoms with van der Waals surface area (Å²) in [5.41, 5.74) is 3.73. The highest BCUT2D eigenvalue weighted by Gasteiger charge is 2.16. The number of nitrogens with one attached hydrogen (secondary N) is 1. The Hall–Kier alpha value is -2.99. The zero-order chi connectivity index (χ0) is 18.6. The molecule has 136 valence electrons. The van der Waals surface area contributed by atoms with Crippen molar-refractivity contribution in [1.29, 1.82) is 0 Å². The molecule has 4 aromatic rings. The van der Waals surface area contributed by atoms with Crippen molar-refractivity contribution >= 4 is 28.1 Å². The highest BCUT2D eigenvalue weighted by molar-refractivity contribution is 7.13. The Morgan fingerprint density at radius 2 is 2.00 bits per heavy atom. The number of carbonyl (C=O) groups excluding carboxylic acids is 1. The number of hydrogen-bond donors (Lipinski definition) is 1. The van der Waals surface area contributed by atoms with Crippen molar-refractivity contribution in [1.82, 2.24) is 19.9 Å². The van der Waals surface area contributed by atoms with Gasteiger partial charge in [-0.2, -0.15) is 0 Å². The van der Waals surface area contributed by atoms with Crippen molar-refractivity contribution in [3.8, 4) is 10.7 Å². The fourth-order valence-corrected chi connectivity index (χ4v) is 3.95. The van der Waals surface area contributed by atoms with Gasteiger partial charge in [0, 0.05) is 41.8 Å². The van der Waals surface area contributed by atoms with Crippen LogP contribution < -0.4 is 5.32 Å². The maximum atomic E-state index is 12.5. The number of pyridine rings is 1. The average Bonchev–Trinajstić information content (AvgIpc) is 3.33. The quantitative estimate of drug-likeness (QED) is 0.539. The van der Waals surface area contributed by atoms with Crippen LogP contribution in [0.15, 0.2) is 60.2 Å². The number of rotatable bonds is 6. The third-order valence-corrected chi connectivity index (χ3v) is 5.28. The second-order valence-electron chi connectivity index (χ2n) is 6.32. The molecular formula is C21H20N4OS. The number of thiazole rings is 1. The van der Waals surface area contributed by atoms with Gasteiger partial charge in [0.2, 0.25) is 0 Å². The number of hydrogen-bond acceptors (Lipinski definition) is 4. The summed E-state index contributed by atoms with van der Waals surface area (Å²) in [6.07, 6.45) is 4.47. The van der Waals surface area contributed by atoms with E-state index >= 15 is 0 Å². The molecule has 0 spiro atoms. The minimum absolute atomic E-state index is 0.160. The van der Waals surface area contributed by atoms with Gasteiger partial charge in [-0.25, -0.2) is 4.98 Å². The van der Waals surface area contributed by atoms with E-state index in [9.17, 15) is 4.79 Å². The third-order valence-electron chi connectivity index (χ3n) is 4.42. The van der Waals surface area contributed by atoms with E-state index in [0.717, 1.165) is 29.2 Å². The fraction of sp³-hybridized carbons (Fsp3) is 0.190. The van der Waals surface area contributed by atoms with Crippen molar-refractivity contribution in [3.63, 3.8) is 0 Å². The maximum Gasteiger partial charge on any atom is 0.271 e. The summed E-state index contributed by atoms with van der Waals surface area (Å²) < 4.78 is 2.28. The molecule has 1 aromatic carbocycles. The van der Waals surface area contributed by atoms with Gasteiger partial charge >= 0.3 is 0 Å². The van der Waals surface area contributed by atoms with Crippen LogP contribution in [-0.4, -0.2) is 20.4 Å². The molecule has 0 atom stereocenters. The van der Waals surface area contributed by atoms with E-state index in [1.165, 1.54) is 22.2 Å². The van der Waals surface area contributed by atoms with E-state index in [2.05, 4.69) is 51.0 Å². The van der Waals surface area contributed by atoms with Gasteiger partial charge in [0.15, 0.2) is 0 Å². The van der Waals surface area contributed by atoms with Crippen LogP contribution in [0.4, 0.5) is 0 Å². The molecule has 0 saturated heterocycles. The number of nitrogens with zero attached hydrogens (tertiary/aromatic N) is 3. The standard InChI is InChI=1S/C21H20N4OS/c1-2-11-25-18-6-4-3-5-16(18)12-19(25)21-24-17(14-27-21)20(26)23-13-15-7-9-22-10-8-15/h3-10,12,14H,2,11,13H2,1H3,(H,23,26). The minimum atomic E-state index is -0.160. The minimum Gasteiger partial charge on any atom is -0.347 e. The molecule has 6 heteroatoms. The molecular weight excluding hydrogens is 356 g/mol. The van der Waals surface area contributed by atoms with Crippen LogP contribution >= 0.6 is 11.3 Å². The second kappa shape index (κ2) is 7.72. The van der Waals surface area contributed by atoms with Crippen LogP contribution in [-0.2, 0) is 13.1 Å².